The number of morpholine rings is 1. The average molecular weight is 313 g/mol. The van der Waals surface area contributed by atoms with Crippen LogP contribution in [0.1, 0.15) is 11.1 Å². The molecule has 2 rings (SSSR count). The second-order valence-electron chi connectivity index (χ2n) is 4.91. The topological polar surface area (TPSA) is 116 Å². The number of primary amides is 1. The first-order valence-corrected chi connectivity index (χ1v) is 8.00. The fraction of sp³-hybridized carbons (Fsp3) is 0.462. The van der Waals surface area contributed by atoms with Gasteiger partial charge in [0.1, 0.15) is 6.04 Å². The number of nitrogens with zero attached hydrogens (tertiary/aromatic N) is 1. The van der Waals surface area contributed by atoms with Crippen molar-refractivity contribution in [2.75, 3.05) is 19.8 Å². The van der Waals surface area contributed by atoms with Crippen molar-refractivity contribution in [2.45, 2.75) is 24.4 Å². The Kier molecular flexibility index (Phi) is 4.62. The summed E-state index contributed by atoms with van der Waals surface area (Å²) in [5.41, 5.74) is 12.2. The molecular formula is C13H19N3O4S. The van der Waals surface area contributed by atoms with Gasteiger partial charge in [0.15, 0.2) is 0 Å². The molecule has 1 aliphatic heterocycles. The van der Waals surface area contributed by atoms with Gasteiger partial charge in [-0.15, -0.1) is 0 Å². The molecule has 0 aromatic heterocycles. The van der Waals surface area contributed by atoms with E-state index in [0.717, 1.165) is 4.31 Å². The summed E-state index contributed by atoms with van der Waals surface area (Å²) >= 11 is 0. The number of hydrogen-bond donors (Lipinski definition) is 2. The first-order valence-electron chi connectivity index (χ1n) is 6.56. The van der Waals surface area contributed by atoms with Crippen LogP contribution in [0.25, 0.3) is 0 Å². The van der Waals surface area contributed by atoms with Gasteiger partial charge in [0.25, 0.3) is 0 Å². The molecule has 1 unspecified atom stereocenters. The van der Waals surface area contributed by atoms with Crippen LogP contribution < -0.4 is 11.5 Å². The number of sulfonamides is 1. The summed E-state index contributed by atoms with van der Waals surface area (Å²) in [6.45, 7) is 2.25. The standard InChI is InChI=1S/C13H19N3O4S/c1-9-2-3-10(7-14)6-12(9)21(18,19)16-4-5-20-8-11(16)13(15)17/h2-3,6,11H,4-5,7-8,14H2,1H3,(H2,15,17). The monoisotopic (exact) mass is 313 g/mol. The Labute approximate surface area is 123 Å². The van der Waals surface area contributed by atoms with Crippen LogP contribution in [-0.4, -0.2) is 44.4 Å². The van der Waals surface area contributed by atoms with Gasteiger partial charge in [-0.3, -0.25) is 4.79 Å². The van der Waals surface area contributed by atoms with Gasteiger partial charge >= 0.3 is 0 Å². The average Bonchev–Trinajstić information content (AvgIpc) is 2.47. The van der Waals surface area contributed by atoms with Gasteiger partial charge < -0.3 is 16.2 Å². The molecule has 7 nitrogen and oxygen atoms in total. The van der Waals surface area contributed by atoms with Gasteiger partial charge in [0, 0.05) is 13.1 Å². The third-order valence-corrected chi connectivity index (χ3v) is 5.53. The van der Waals surface area contributed by atoms with Crippen LogP contribution >= 0.6 is 0 Å². The number of ether oxygens (including phenoxy) is 1. The van der Waals surface area contributed by atoms with Crippen LogP contribution in [0.15, 0.2) is 23.1 Å². The van der Waals surface area contributed by atoms with E-state index in [4.69, 9.17) is 16.2 Å². The van der Waals surface area contributed by atoms with Crippen molar-refractivity contribution in [3.63, 3.8) is 0 Å². The van der Waals surface area contributed by atoms with Crippen molar-refractivity contribution in [1.29, 1.82) is 0 Å². The van der Waals surface area contributed by atoms with Gasteiger partial charge in [-0.05, 0) is 24.1 Å². The van der Waals surface area contributed by atoms with Crippen molar-refractivity contribution in [2.24, 2.45) is 11.5 Å². The molecule has 0 aliphatic carbocycles. The normalized spacial score (nSPS) is 20.4. The molecule has 0 radical (unpaired) electrons. The van der Waals surface area contributed by atoms with Crippen LogP contribution in [0.3, 0.4) is 0 Å². The molecule has 1 atom stereocenters. The predicted octanol–water partition coefficient (Wildman–Crippen LogP) is -0.671. The number of rotatable bonds is 4. The van der Waals surface area contributed by atoms with Gasteiger partial charge in [-0.25, -0.2) is 8.42 Å². The van der Waals surface area contributed by atoms with E-state index in [1.54, 1.807) is 19.1 Å². The Morgan fingerprint density at radius 3 is 2.81 bits per heavy atom. The van der Waals surface area contributed by atoms with Crippen molar-refractivity contribution in [1.82, 2.24) is 4.31 Å². The quantitative estimate of drug-likeness (QED) is 0.764. The van der Waals surface area contributed by atoms with Crippen LogP contribution in [0.5, 0.6) is 0 Å². The zero-order valence-corrected chi connectivity index (χ0v) is 12.6. The fourth-order valence-corrected chi connectivity index (χ4v) is 4.12. The second kappa shape index (κ2) is 6.10. The number of carbonyl (C=O) groups excluding carboxylic acids is 1. The van der Waals surface area contributed by atoms with Crippen LogP contribution in [0.4, 0.5) is 0 Å². The SMILES string of the molecule is Cc1ccc(CN)cc1S(=O)(=O)N1CCOCC1C(N)=O. The maximum Gasteiger partial charge on any atom is 0.244 e. The number of carbonyl (C=O) groups is 1. The highest BCUT2D eigenvalue weighted by Crippen LogP contribution is 2.24. The number of nitrogens with two attached hydrogens (primary N) is 2. The van der Waals surface area contributed by atoms with Crippen molar-refractivity contribution < 1.29 is 17.9 Å². The van der Waals surface area contributed by atoms with E-state index in [0.29, 0.717) is 11.1 Å². The molecule has 0 spiro atoms. The highest BCUT2D eigenvalue weighted by atomic mass is 32.2. The number of aryl methyl sites for hydroxylation is 1. The lowest BCUT2D eigenvalue weighted by molar-refractivity contribution is -0.125. The Balaban J connectivity index is 2.47. The fourth-order valence-electron chi connectivity index (χ4n) is 2.28. The predicted molar refractivity (Wildman–Crippen MR) is 76.8 cm³/mol. The molecule has 1 aromatic rings. The summed E-state index contributed by atoms with van der Waals surface area (Å²) in [6, 6.07) is 4.04. The third-order valence-electron chi connectivity index (χ3n) is 3.48. The van der Waals surface area contributed by atoms with E-state index in [2.05, 4.69) is 0 Å². The van der Waals surface area contributed by atoms with E-state index in [1.165, 1.54) is 6.07 Å². The van der Waals surface area contributed by atoms with Crippen LogP contribution in [0.2, 0.25) is 0 Å². The molecule has 4 N–H and O–H groups in total. The molecule has 0 bridgehead atoms. The lowest BCUT2D eigenvalue weighted by Crippen LogP contribution is -2.54. The molecule has 0 saturated carbocycles. The minimum absolute atomic E-state index is 0.0236. The molecule has 1 saturated heterocycles. The number of amides is 1. The zero-order chi connectivity index (χ0) is 15.6. The minimum atomic E-state index is -3.82. The van der Waals surface area contributed by atoms with Crippen molar-refractivity contribution >= 4 is 15.9 Å². The number of benzene rings is 1. The zero-order valence-electron chi connectivity index (χ0n) is 11.8. The highest BCUT2D eigenvalue weighted by molar-refractivity contribution is 7.89. The lowest BCUT2D eigenvalue weighted by atomic mass is 10.1. The van der Waals surface area contributed by atoms with Crippen LogP contribution in [-0.2, 0) is 26.1 Å². The molecule has 1 aromatic carbocycles. The van der Waals surface area contributed by atoms with E-state index >= 15 is 0 Å². The molecule has 116 valence electrons. The Morgan fingerprint density at radius 1 is 1.48 bits per heavy atom. The highest BCUT2D eigenvalue weighted by Gasteiger charge is 2.37. The second-order valence-corrected chi connectivity index (χ2v) is 6.77. The molecule has 1 aliphatic rings. The van der Waals surface area contributed by atoms with E-state index < -0.39 is 22.0 Å². The van der Waals surface area contributed by atoms with E-state index in [9.17, 15) is 13.2 Å². The summed E-state index contributed by atoms with van der Waals surface area (Å²) < 4.78 is 31.9. The smallest absolute Gasteiger partial charge is 0.244 e. The summed E-state index contributed by atoms with van der Waals surface area (Å²) in [5.74, 6) is -0.717. The third kappa shape index (κ3) is 3.08. The Hall–Kier alpha value is -1.48. The van der Waals surface area contributed by atoms with Gasteiger partial charge in [0.2, 0.25) is 15.9 Å². The molecule has 1 heterocycles. The molecule has 8 heteroatoms. The first-order chi connectivity index (χ1) is 9.87. The molecule has 1 amide bonds. The van der Waals surface area contributed by atoms with E-state index in [-0.39, 0.29) is 31.2 Å². The molecule has 1 fully saturated rings. The minimum Gasteiger partial charge on any atom is -0.378 e. The van der Waals surface area contributed by atoms with Crippen molar-refractivity contribution in [3.8, 4) is 0 Å². The summed E-state index contributed by atoms with van der Waals surface area (Å²) in [7, 11) is -3.82. The summed E-state index contributed by atoms with van der Waals surface area (Å²) in [6.07, 6.45) is 0. The van der Waals surface area contributed by atoms with Crippen LogP contribution in [0, 0.1) is 6.92 Å². The van der Waals surface area contributed by atoms with Gasteiger partial charge in [-0.2, -0.15) is 4.31 Å². The largest absolute Gasteiger partial charge is 0.378 e. The maximum atomic E-state index is 12.8. The molecule has 21 heavy (non-hydrogen) atoms. The van der Waals surface area contributed by atoms with Gasteiger partial charge in [-0.1, -0.05) is 12.1 Å². The number of hydrogen-bond acceptors (Lipinski definition) is 5. The summed E-state index contributed by atoms with van der Waals surface area (Å²) in [5, 5.41) is 0. The first kappa shape index (κ1) is 15.9. The maximum absolute atomic E-state index is 12.8. The van der Waals surface area contributed by atoms with Gasteiger partial charge in [0.05, 0.1) is 18.1 Å². The Morgan fingerprint density at radius 2 is 2.19 bits per heavy atom. The molecular weight excluding hydrogens is 294 g/mol. The van der Waals surface area contributed by atoms with Crippen molar-refractivity contribution in [3.05, 3.63) is 29.3 Å². The van der Waals surface area contributed by atoms with E-state index in [1.807, 2.05) is 0 Å². The lowest BCUT2D eigenvalue weighted by Gasteiger charge is -2.32. The Bertz CT molecular complexity index is 645. The summed E-state index contributed by atoms with van der Waals surface area (Å²) in [4.78, 5) is 11.6.